The molecule has 0 fully saturated rings. The van der Waals surface area contributed by atoms with Gasteiger partial charge in [-0.2, -0.15) is 0 Å². The zero-order valence-corrected chi connectivity index (χ0v) is 22.1. The van der Waals surface area contributed by atoms with Crippen LogP contribution in [-0.2, 0) is 5.41 Å². The van der Waals surface area contributed by atoms with Crippen molar-refractivity contribution in [3.8, 4) is 55.6 Å². The minimum Gasteiger partial charge on any atom is -0.0622 e. The first-order chi connectivity index (χ1) is 18.5. The van der Waals surface area contributed by atoms with Gasteiger partial charge in [0.1, 0.15) is 0 Å². The molecule has 0 N–H and O–H groups in total. The summed E-state index contributed by atoms with van der Waals surface area (Å²) in [6.07, 6.45) is 0. The fourth-order valence-electron chi connectivity index (χ4n) is 6.09. The summed E-state index contributed by atoms with van der Waals surface area (Å²) in [5, 5.41) is 2.69. The van der Waals surface area contributed by atoms with Crippen molar-refractivity contribution in [2.24, 2.45) is 0 Å². The first-order valence-electron chi connectivity index (χ1n) is 13.5. The Kier molecular flexibility index (Phi) is 5.13. The van der Waals surface area contributed by atoms with Crippen LogP contribution in [0.25, 0.3) is 66.4 Å². The molecule has 0 aliphatic heterocycles. The van der Waals surface area contributed by atoms with E-state index in [0.717, 1.165) is 0 Å². The van der Waals surface area contributed by atoms with Gasteiger partial charge >= 0.3 is 0 Å². The van der Waals surface area contributed by atoms with E-state index in [-0.39, 0.29) is 5.41 Å². The zero-order chi connectivity index (χ0) is 25.9. The molecule has 0 heteroatoms. The molecule has 6 aromatic carbocycles. The van der Waals surface area contributed by atoms with Crippen molar-refractivity contribution >= 4 is 10.8 Å². The highest BCUT2D eigenvalue weighted by Gasteiger charge is 2.31. The van der Waals surface area contributed by atoms with Gasteiger partial charge in [0, 0.05) is 0 Å². The Morgan fingerprint density at radius 3 is 1.53 bits per heavy atom. The molecule has 0 radical (unpaired) electrons. The van der Waals surface area contributed by atoms with E-state index in [1.165, 1.54) is 72.0 Å². The minimum absolute atomic E-state index is 0.0581. The second-order valence-corrected chi connectivity index (χ2v) is 11.4. The van der Waals surface area contributed by atoms with Gasteiger partial charge in [0.05, 0.1) is 0 Å². The molecule has 1 aliphatic rings. The molecule has 38 heavy (non-hydrogen) atoms. The molecule has 0 bridgehead atoms. The Morgan fingerprint density at radius 1 is 0.395 bits per heavy atom. The highest BCUT2D eigenvalue weighted by Crippen LogP contribution is 2.57. The van der Waals surface area contributed by atoms with E-state index in [4.69, 9.17) is 0 Å². The summed E-state index contributed by atoms with van der Waals surface area (Å²) in [6.45, 7) is 6.94. The number of rotatable bonds is 3. The lowest BCUT2D eigenvalue weighted by atomic mass is 9.81. The van der Waals surface area contributed by atoms with Crippen molar-refractivity contribution in [1.82, 2.24) is 0 Å². The fraction of sp³-hybridized carbons (Fsp3) is 0.105. The van der Waals surface area contributed by atoms with Crippen LogP contribution >= 0.6 is 0 Å². The van der Waals surface area contributed by atoms with Crippen LogP contribution in [0.1, 0.15) is 26.3 Å². The third kappa shape index (κ3) is 3.52. The molecule has 0 nitrogen and oxygen atoms in total. The number of hydrogen-bond acceptors (Lipinski definition) is 0. The quantitative estimate of drug-likeness (QED) is 0.233. The van der Waals surface area contributed by atoms with Gasteiger partial charge in [-0.05, 0) is 89.5 Å². The van der Waals surface area contributed by atoms with Crippen LogP contribution in [0.3, 0.4) is 0 Å². The maximum Gasteiger partial charge on any atom is -0.000763 e. The maximum atomic E-state index is 2.46. The van der Waals surface area contributed by atoms with Crippen LogP contribution in [0.2, 0.25) is 0 Å². The Bertz CT molecular complexity index is 1800. The maximum absolute atomic E-state index is 2.46. The molecule has 0 heterocycles. The zero-order valence-electron chi connectivity index (χ0n) is 22.1. The predicted molar refractivity (Wildman–Crippen MR) is 163 cm³/mol. The van der Waals surface area contributed by atoms with Crippen LogP contribution in [0.15, 0.2) is 127 Å². The summed E-state index contributed by atoms with van der Waals surface area (Å²) in [7, 11) is 0. The van der Waals surface area contributed by atoms with Gasteiger partial charge in [0.25, 0.3) is 0 Å². The lowest BCUT2D eigenvalue weighted by molar-refractivity contribution is 0.591. The van der Waals surface area contributed by atoms with Crippen molar-refractivity contribution in [2.45, 2.75) is 26.2 Å². The van der Waals surface area contributed by atoms with Crippen molar-refractivity contribution in [1.29, 1.82) is 0 Å². The first-order valence-corrected chi connectivity index (χ1v) is 13.5. The molecule has 0 saturated heterocycles. The van der Waals surface area contributed by atoms with Crippen LogP contribution in [0, 0.1) is 0 Å². The van der Waals surface area contributed by atoms with Gasteiger partial charge in [-0.25, -0.2) is 0 Å². The van der Waals surface area contributed by atoms with E-state index in [1.807, 2.05) is 0 Å². The lowest BCUT2D eigenvalue weighted by Crippen LogP contribution is -2.11. The second-order valence-electron chi connectivity index (χ2n) is 11.4. The standard InChI is InChI=1S/C38H30/c1-38(2,3)29-22-28-20-13-21-30-34(28)33(23-29)36-32(26-16-9-5-10-17-26)24-31(25-14-7-4-8-15-25)35(37(30)36)27-18-11-6-12-19-27/h4-24H,1-3H3. The summed E-state index contributed by atoms with van der Waals surface area (Å²) in [6, 6.07) is 46.8. The topological polar surface area (TPSA) is 0 Å². The van der Waals surface area contributed by atoms with Crippen molar-refractivity contribution in [3.05, 3.63) is 133 Å². The number of benzene rings is 6. The molecule has 0 spiro atoms. The van der Waals surface area contributed by atoms with Crippen LogP contribution in [0.5, 0.6) is 0 Å². The molecule has 0 saturated carbocycles. The van der Waals surface area contributed by atoms with E-state index in [0.29, 0.717) is 0 Å². The fourth-order valence-corrected chi connectivity index (χ4v) is 6.09. The van der Waals surface area contributed by atoms with E-state index < -0.39 is 0 Å². The summed E-state index contributed by atoms with van der Waals surface area (Å²) in [5.41, 5.74) is 14.5. The Morgan fingerprint density at radius 2 is 0.947 bits per heavy atom. The number of fused-ring (bicyclic) bond motifs is 3. The molecule has 6 aromatic rings. The molecule has 0 amide bonds. The van der Waals surface area contributed by atoms with Crippen molar-refractivity contribution in [2.75, 3.05) is 0 Å². The minimum atomic E-state index is 0.0581. The summed E-state index contributed by atoms with van der Waals surface area (Å²) >= 11 is 0. The van der Waals surface area contributed by atoms with Crippen LogP contribution in [-0.4, -0.2) is 0 Å². The molecular formula is C38H30. The van der Waals surface area contributed by atoms with Gasteiger partial charge in [0.2, 0.25) is 0 Å². The average molecular weight is 487 g/mol. The van der Waals surface area contributed by atoms with Gasteiger partial charge in [-0.3, -0.25) is 0 Å². The highest BCUT2D eigenvalue weighted by molar-refractivity contribution is 6.23. The number of hydrogen-bond donors (Lipinski definition) is 0. The van der Waals surface area contributed by atoms with Crippen LogP contribution < -0.4 is 0 Å². The second kappa shape index (κ2) is 8.57. The third-order valence-electron chi connectivity index (χ3n) is 7.94. The summed E-state index contributed by atoms with van der Waals surface area (Å²) in [4.78, 5) is 0. The molecule has 0 aromatic heterocycles. The molecule has 0 atom stereocenters. The molecular weight excluding hydrogens is 456 g/mol. The SMILES string of the molecule is CC(C)(C)c1cc2c3c(cccc3c1)-c1c(-c3ccccc3)c(-c3ccccc3)cc(-c3ccccc3)c1-2. The molecule has 7 rings (SSSR count). The average Bonchev–Trinajstić information content (AvgIpc) is 3.29. The molecule has 0 unspecified atom stereocenters. The van der Waals surface area contributed by atoms with Crippen molar-refractivity contribution < 1.29 is 0 Å². The van der Waals surface area contributed by atoms with Gasteiger partial charge in [-0.15, -0.1) is 0 Å². The van der Waals surface area contributed by atoms with Crippen LogP contribution in [0.4, 0.5) is 0 Å². The van der Waals surface area contributed by atoms with E-state index in [1.54, 1.807) is 0 Å². The van der Waals surface area contributed by atoms with Crippen molar-refractivity contribution in [3.63, 3.8) is 0 Å². The van der Waals surface area contributed by atoms with Gasteiger partial charge < -0.3 is 0 Å². The highest BCUT2D eigenvalue weighted by atomic mass is 14.3. The lowest BCUT2D eigenvalue weighted by Gasteiger charge is -2.22. The predicted octanol–water partition coefficient (Wildman–Crippen LogP) is 10.8. The van der Waals surface area contributed by atoms with E-state index in [2.05, 4.69) is 148 Å². The molecule has 1 aliphatic carbocycles. The smallest absolute Gasteiger partial charge is 0.000763 e. The summed E-state index contributed by atoms with van der Waals surface area (Å²) in [5.74, 6) is 0. The largest absolute Gasteiger partial charge is 0.0622 e. The Labute approximate surface area is 225 Å². The Balaban J connectivity index is 1.70. The van der Waals surface area contributed by atoms with E-state index >= 15 is 0 Å². The summed E-state index contributed by atoms with van der Waals surface area (Å²) < 4.78 is 0. The first kappa shape index (κ1) is 22.8. The van der Waals surface area contributed by atoms with Gasteiger partial charge in [-0.1, -0.05) is 136 Å². The Hall–Kier alpha value is -4.42. The van der Waals surface area contributed by atoms with Gasteiger partial charge in [0.15, 0.2) is 0 Å². The normalized spacial score (nSPS) is 12.1. The monoisotopic (exact) mass is 486 g/mol. The molecule has 182 valence electrons. The van der Waals surface area contributed by atoms with E-state index in [9.17, 15) is 0 Å². The third-order valence-corrected chi connectivity index (χ3v) is 7.94.